The molecule has 0 aromatic heterocycles. The minimum Gasteiger partial charge on any atom is -0.478 e. The molecule has 0 aliphatic heterocycles. The largest absolute Gasteiger partial charge is 0.478 e. The molecule has 0 radical (unpaired) electrons. The number of nitrogens with zero attached hydrogens (tertiary/aromatic N) is 1. The van der Waals surface area contributed by atoms with Crippen LogP contribution in [0.15, 0.2) is 16.3 Å². The molecule has 0 aliphatic rings. The molecular weight excluding hydrogens is 130 g/mol. The summed E-state index contributed by atoms with van der Waals surface area (Å²) in [7, 11) is 0. The van der Waals surface area contributed by atoms with Crippen molar-refractivity contribution in [3.05, 3.63) is 11.3 Å². The summed E-state index contributed by atoms with van der Waals surface area (Å²) in [4.78, 5) is 14.1. The van der Waals surface area contributed by atoms with Crippen LogP contribution < -0.4 is 0 Å². The van der Waals surface area contributed by atoms with Crippen LogP contribution >= 0.6 is 0 Å². The Balaban J connectivity index is 4.50. The first kappa shape index (κ1) is 8.88. The Morgan fingerprint density at radius 2 is 2.00 bits per heavy atom. The van der Waals surface area contributed by atoms with E-state index in [0.717, 1.165) is 0 Å². The normalized spacial score (nSPS) is 13.5. The Bertz CT molecular complexity index is 192. The molecule has 0 heterocycles. The van der Waals surface area contributed by atoms with Crippen LogP contribution in [-0.4, -0.2) is 17.3 Å². The van der Waals surface area contributed by atoms with E-state index in [1.54, 1.807) is 20.1 Å². The van der Waals surface area contributed by atoms with Gasteiger partial charge < -0.3 is 5.11 Å². The number of hydrogen-bond acceptors (Lipinski definition) is 2. The third-order valence-corrected chi connectivity index (χ3v) is 1.19. The molecule has 1 N–H and O–H groups in total. The number of carboxylic acids is 1. The van der Waals surface area contributed by atoms with Crippen molar-refractivity contribution in [1.82, 2.24) is 0 Å². The maximum Gasteiger partial charge on any atom is 0.333 e. The number of allylic oxidation sites excluding steroid dienone is 1. The van der Waals surface area contributed by atoms with Gasteiger partial charge in [-0.3, -0.25) is 4.99 Å². The van der Waals surface area contributed by atoms with Crippen LogP contribution in [0.25, 0.3) is 0 Å². The second-order valence-electron chi connectivity index (χ2n) is 1.90. The van der Waals surface area contributed by atoms with E-state index in [-0.39, 0.29) is 5.57 Å². The highest BCUT2D eigenvalue weighted by molar-refractivity contribution is 5.86. The fourth-order valence-electron chi connectivity index (χ4n) is 0.445. The SMILES string of the molecule is CC=N/C(C)=C(\C)C(=O)O. The molecule has 0 spiro atoms. The molecule has 0 fully saturated rings. The highest BCUT2D eigenvalue weighted by Crippen LogP contribution is 2.03. The first-order valence-corrected chi connectivity index (χ1v) is 2.99. The van der Waals surface area contributed by atoms with E-state index in [4.69, 9.17) is 5.11 Å². The summed E-state index contributed by atoms with van der Waals surface area (Å²) in [5, 5.41) is 8.45. The lowest BCUT2D eigenvalue weighted by molar-refractivity contribution is -0.132. The molecule has 0 aromatic carbocycles. The molecule has 0 rings (SSSR count). The number of aliphatic imine (C=N–C) groups is 1. The quantitative estimate of drug-likeness (QED) is 0.467. The summed E-state index contributed by atoms with van der Waals surface area (Å²) in [6.07, 6.45) is 1.57. The number of carboxylic acid groups (broad SMARTS) is 1. The third-order valence-electron chi connectivity index (χ3n) is 1.19. The van der Waals surface area contributed by atoms with Crippen LogP contribution in [0.4, 0.5) is 0 Å². The van der Waals surface area contributed by atoms with E-state index in [0.29, 0.717) is 5.70 Å². The average Bonchev–Trinajstić information content (AvgIpc) is 1.87. The van der Waals surface area contributed by atoms with Crippen molar-refractivity contribution in [2.45, 2.75) is 20.8 Å². The van der Waals surface area contributed by atoms with Crippen molar-refractivity contribution >= 4 is 12.2 Å². The van der Waals surface area contributed by atoms with E-state index in [2.05, 4.69) is 4.99 Å². The lowest BCUT2D eigenvalue weighted by Crippen LogP contribution is -1.98. The molecule has 0 amide bonds. The zero-order chi connectivity index (χ0) is 8.15. The summed E-state index contributed by atoms with van der Waals surface area (Å²) in [6, 6.07) is 0. The van der Waals surface area contributed by atoms with E-state index in [1.165, 1.54) is 6.92 Å². The monoisotopic (exact) mass is 141 g/mol. The Morgan fingerprint density at radius 1 is 1.50 bits per heavy atom. The van der Waals surface area contributed by atoms with E-state index < -0.39 is 5.97 Å². The topological polar surface area (TPSA) is 49.7 Å². The van der Waals surface area contributed by atoms with Crippen LogP contribution in [0.2, 0.25) is 0 Å². The highest BCUT2D eigenvalue weighted by Gasteiger charge is 2.02. The summed E-state index contributed by atoms with van der Waals surface area (Å²) >= 11 is 0. The fourth-order valence-corrected chi connectivity index (χ4v) is 0.445. The van der Waals surface area contributed by atoms with Crippen LogP contribution in [0.5, 0.6) is 0 Å². The van der Waals surface area contributed by atoms with Gasteiger partial charge in [0.2, 0.25) is 0 Å². The molecule has 0 aromatic rings. The van der Waals surface area contributed by atoms with Crippen molar-refractivity contribution < 1.29 is 9.90 Å². The van der Waals surface area contributed by atoms with E-state index in [1.807, 2.05) is 0 Å². The Hall–Kier alpha value is -1.12. The number of carbonyl (C=O) groups is 1. The molecule has 3 nitrogen and oxygen atoms in total. The molecule has 56 valence electrons. The molecule has 10 heavy (non-hydrogen) atoms. The standard InChI is InChI=1S/C7H11NO2/c1-4-8-6(3)5(2)7(9)10/h4H,1-3H3,(H,9,10)/b6-5+,8-4?. The van der Waals surface area contributed by atoms with Gasteiger partial charge in [-0.25, -0.2) is 4.79 Å². The fraction of sp³-hybridized carbons (Fsp3) is 0.429. The van der Waals surface area contributed by atoms with Gasteiger partial charge in [0.1, 0.15) is 0 Å². The van der Waals surface area contributed by atoms with Crippen molar-refractivity contribution in [2.75, 3.05) is 0 Å². The maximum absolute atomic E-state index is 10.3. The van der Waals surface area contributed by atoms with Crippen molar-refractivity contribution in [2.24, 2.45) is 4.99 Å². The highest BCUT2D eigenvalue weighted by atomic mass is 16.4. The second kappa shape index (κ2) is 3.82. The Kier molecular flexibility index (Phi) is 3.39. The smallest absolute Gasteiger partial charge is 0.333 e. The van der Waals surface area contributed by atoms with Gasteiger partial charge in [-0.1, -0.05) is 0 Å². The van der Waals surface area contributed by atoms with Crippen LogP contribution in [0.1, 0.15) is 20.8 Å². The molecule has 3 heteroatoms. The van der Waals surface area contributed by atoms with Crippen molar-refractivity contribution in [3.63, 3.8) is 0 Å². The van der Waals surface area contributed by atoms with Gasteiger partial charge in [0.25, 0.3) is 0 Å². The summed E-state index contributed by atoms with van der Waals surface area (Å²) in [5.41, 5.74) is 0.841. The van der Waals surface area contributed by atoms with Gasteiger partial charge in [0, 0.05) is 11.9 Å². The van der Waals surface area contributed by atoms with Crippen molar-refractivity contribution in [1.29, 1.82) is 0 Å². The number of rotatable bonds is 2. The summed E-state index contributed by atoms with van der Waals surface area (Å²) < 4.78 is 0. The zero-order valence-corrected chi connectivity index (χ0v) is 6.38. The predicted molar refractivity (Wildman–Crippen MR) is 40.2 cm³/mol. The van der Waals surface area contributed by atoms with Crippen LogP contribution in [-0.2, 0) is 4.79 Å². The first-order valence-electron chi connectivity index (χ1n) is 2.99. The van der Waals surface area contributed by atoms with E-state index in [9.17, 15) is 4.79 Å². The Labute approximate surface area is 60.1 Å². The average molecular weight is 141 g/mol. The van der Waals surface area contributed by atoms with Crippen molar-refractivity contribution in [3.8, 4) is 0 Å². The zero-order valence-electron chi connectivity index (χ0n) is 6.38. The number of aliphatic carboxylic acids is 1. The predicted octanol–water partition coefficient (Wildman–Crippen LogP) is 1.46. The third kappa shape index (κ3) is 2.44. The molecule has 0 bridgehead atoms. The van der Waals surface area contributed by atoms with Gasteiger partial charge >= 0.3 is 5.97 Å². The van der Waals surface area contributed by atoms with Gasteiger partial charge in [0.05, 0.1) is 5.57 Å². The number of hydrogen-bond donors (Lipinski definition) is 1. The summed E-state index contributed by atoms with van der Waals surface area (Å²) in [6.45, 7) is 4.95. The molecule has 0 atom stereocenters. The molecule has 0 saturated carbocycles. The summed E-state index contributed by atoms with van der Waals surface area (Å²) in [5.74, 6) is -0.914. The molecular formula is C7H11NO2. The molecule has 0 unspecified atom stereocenters. The van der Waals surface area contributed by atoms with Gasteiger partial charge in [-0.15, -0.1) is 0 Å². The Morgan fingerprint density at radius 3 is 2.30 bits per heavy atom. The maximum atomic E-state index is 10.3. The van der Waals surface area contributed by atoms with Gasteiger partial charge in [-0.2, -0.15) is 0 Å². The lowest BCUT2D eigenvalue weighted by atomic mass is 10.2. The second-order valence-corrected chi connectivity index (χ2v) is 1.90. The van der Waals surface area contributed by atoms with E-state index >= 15 is 0 Å². The lowest BCUT2D eigenvalue weighted by Gasteiger charge is -1.94. The first-order chi connectivity index (χ1) is 4.59. The minimum absolute atomic E-state index is 0.290. The minimum atomic E-state index is -0.914. The van der Waals surface area contributed by atoms with Crippen LogP contribution in [0.3, 0.4) is 0 Å². The molecule has 0 saturated heterocycles. The molecule has 0 aliphatic carbocycles. The van der Waals surface area contributed by atoms with Gasteiger partial charge in [-0.05, 0) is 20.8 Å². The van der Waals surface area contributed by atoms with Crippen LogP contribution in [0, 0.1) is 0 Å². The van der Waals surface area contributed by atoms with Gasteiger partial charge in [0.15, 0.2) is 0 Å².